The summed E-state index contributed by atoms with van der Waals surface area (Å²) in [6.07, 6.45) is 0. The molecule has 0 spiro atoms. The molecule has 5 heteroatoms. The molecular weight excluding hydrogens is 294 g/mol. The van der Waals surface area contributed by atoms with E-state index in [4.69, 9.17) is 24.0 Å². The summed E-state index contributed by atoms with van der Waals surface area (Å²) in [6.45, 7) is 4.04. The molecule has 1 aliphatic heterocycles. The van der Waals surface area contributed by atoms with Crippen LogP contribution in [0.25, 0.3) is 0 Å². The van der Waals surface area contributed by atoms with Gasteiger partial charge in [-0.15, -0.1) is 0 Å². The Labute approximate surface area is 133 Å². The van der Waals surface area contributed by atoms with Crippen LogP contribution < -0.4 is 15.2 Å². The van der Waals surface area contributed by atoms with Gasteiger partial charge in [-0.3, -0.25) is 0 Å². The van der Waals surface area contributed by atoms with E-state index in [1.807, 2.05) is 44.2 Å². The second-order valence-corrected chi connectivity index (χ2v) is 5.66. The van der Waals surface area contributed by atoms with Crippen LogP contribution in [0.15, 0.2) is 45.2 Å². The number of furan rings is 2. The molecule has 0 bridgehead atoms. The van der Waals surface area contributed by atoms with Crippen LogP contribution in [0, 0.1) is 13.8 Å². The van der Waals surface area contributed by atoms with Gasteiger partial charge in [-0.25, -0.2) is 0 Å². The predicted molar refractivity (Wildman–Crippen MR) is 84.8 cm³/mol. The van der Waals surface area contributed by atoms with Crippen molar-refractivity contribution in [3.63, 3.8) is 0 Å². The first-order valence-corrected chi connectivity index (χ1v) is 7.43. The number of fused-ring (bicyclic) bond motifs is 1. The molecule has 2 N–H and O–H groups in total. The van der Waals surface area contributed by atoms with Crippen molar-refractivity contribution >= 4 is 5.69 Å². The lowest BCUT2D eigenvalue weighted by Crippen LogP contribution is -2.05. The normalized spacial score (nSPS) is 13.0. The van der Waals surface area contributed by atoms with Gasteiger partial charge in [-0.2, -0.15) is 0 Å². The smallest absolute Gasteiger partial charge is 0.231 e. The first-order chi connectivity index (χ1) is 11.1. The van der Waals surface area contributed by atoms with E-state index in [0.29, 0.717) is 17.2 Å². The summed E-state index contributed by atoms with van der Waals surface area (Å²) in [6, 6.07) is 11.4. The van der Waals surface area contributed by atoms with Crippen LogP contribution in [0.4, 0.5) is 5.69 Å². The minimum atomic E-state index is -0.230. The highest BCUT2D eigenvalue weighted by atomic mass is 16.7. The standard InChI is InChI=1S/C18H17NO4/c1-10-3-5-14(22-10)18(15-6-4-11(2)23-15)12-7-16-17(8-13(12)19)21-9-20-16/h3-8,18H,9,19H2,1-2H3. The van der Waals surface area contributed by atoms with Crippen LogP contribution >= 0.6 is 0 Å². The van der Waals surface area contributed by atoms with Crippen LogP contribution in [-0.4, -0.2) is 6.79 Å². The molecule has 3 heterocycles. The van der Waals surface area contributed by atoms with Gasteiger partial charge in [0, 0.05) is 11.8 Å². The second-order valence-electron chi connectivity index (χ2n) is 5.66. The van der Waals surface area contributed by atoms with Crippen molar-refractivity contribution in [1.82, 2.24) is 0 Å². The van der Waals surface area contributed by atoms with E-state index >= 15 is 0 Å². The molecule has 5 nitrogen and oxygen atoms in total. The molecule has 0 saturated heterocycles. The Hall–Kier alpha value is -2.82. The first-order valence-electron chi connectivity index (χ1n) is 7.43. The minimum Gasteiger partial charge on any atom is -0.465 e. The van der Waals surface area contributed by atoms with Gasteiger partial charge < -0.3 is 24.0 Å². The molecule has 0 aliphatic carbocycles. The number of rotatable bonds is 3. The zero-order valence-electron chi connectivity index (χ0n) is 13.0. The Bertz CT molecular complexity index is 822. The van der Waals surface area contributed by atoms with Crippen molar-refractivity contribution in [2.24, 2.45) is 0 Å². The zero-order valence-corrected chi connectivity index (χ0v) is 13.0. The number of nitrogens with two attached hydrogens (primary N) is 1. The van der Waals surface area contributed by atoms with Gasteiger partial charge in [0.15, 0.2) is 11.5 Å². The molecule has 0 fully saturated rings. The number of hydrogen-bond donors (Lipinski definition) is 1. The maximum absolute atomic E-state index is 6.26. The van der Waals surface area contributed by atoms with Crippen LogP contribution in [-0.2, 0) is 0 Å². The fraction of sp³-hybridized carbons (Fsp3) is 0.222. The van der Waals surface area contributed by atoms with E-state index in [1.165, 1.54) is 0 Å². The van der Waals surface area contributed by atoms with Gasteiger partial charge in [0.2, 0.25) is 6.79 Å². The van der Waals surface area contributed by atoms with Crippen molar-refractivity contribution in [3.8, 4) is 11.5 Å². The maximum atomic E-state index is 6.26. The van der Waals surface area contributed by atoms with Gasteiger partial charge in [-0.05, 0) is 49.7 Å². The lowest BCUT2D eigenvalue weighted by molar-refractivity contribution is 0.174. The van der Waals surface area contributed by atoms with Gasteiger partial charge in [0.1, 0.15) is 29.0 Å². The third-order valence-corrected chi connectivity index (χ3v) is 3.98. The summed E-state index contributed by atoms with van der Waals surface area (Å²) in [4.78, 5) is 0. The summed E-state index contributed by atoms with van der Waals surface area (Å²) >= 11 is 0. The first kappa shape index (κ1) is 13.8. The van der Waals surface area contributed by atoms with Crippen molar-refractivity contribution in [2.75, 3.05) is 12.5 Å². The molecule has 0 atom stereocenters. The topological polar surface area (TPSA) is 70.8 Å². The van der Waals surface area contributed by atoms with Crippen molar-refractivity contribution in [2.45, 2.75) is 19.8 Å². The molecule has 4 rings (SSSR count). The Kier molecular flexibility index (Phi) is 3.08. The molecule has 1 aliphatic rings. The number of benzene rings is 1. The molecule has 0 radical (unpaired) electrons. The highest BCUT2D eigenvalue weighted by molar-refractivity contribution is 5.62. The van der Waals surface area contributed by atoms with Gasteiger partial charge in [0.25, 0.3) is 0 Å². The minimum absolute atomic E-state index is 0.211. The van der Waals surface area contributed by atoms with E-state index < -0.39 is 0 Å². The summed E-state index contributed by atoms with van der Waals surface area (Å²) in [5.41, 5.74) is 7.75. The van der Waals surface area contributed by atoms with E-state index in [0.717, 1.165) is 28.6 Å². The van der Waals surface area contributed by atoms with E-state index in [-0.39, 0.29) is 12.7 Å². The molecule has 23 heavy (non-hydrogen) atoms. The van der Waals surface area contributed by atoms with E-state index in [2.05, 4.69) is 0 Å². The summed E-state index contributed by atoms with van der Waals surface area (Å²) < 4.78 is 22.6. The van der Waals surface area contributed by atoms with Crippen LogP contribution in [0.3, 0.4) is 0 Å². The summed E-state index contributed by atoms with van der Waals surface area (Å²) in [5.74, 6) is 4.36. The third kappa shape index (κ3) is 2.34. The third-order valence-electron chi connectivity index (χ3n) is 3.98. The van der Waals surface area contributed by atoms with Crippen LogP contribution in [0.2, 0.25) is 0 Å². The summed E-state index contributed by atoms with van der Waals surface area (Å²) in [7, 11) is 0. The predicted octanol–water partition coefficient (Wildman–Crippen LogP) is 3.98. The van der Waals surface area contributed by atoms with Gasteiger partial charge >= 0.3 is 0 Å². The zero-order chi connectivity index (χ0) is 16.0. The largest absolute Gasteiger partial charge is 0.465 e. The Morgan fingerprint density at radius 2 is 1.43 bits per heavy atom. The lowest BCUT2D eigenvalue weighted by Gasteiger charge is -2.16. The van der Waals surface area contributed by atoms with Crippen LogP contribution in [0.1, 0.15) is 34.5 Å². The number of nitrogen functional groups attached to an aromatic ring is 1. The quantitative estimate of drug-likeness (QED) is 0.741. The molecule has 0 unspecified atom stereocenters. The van der Waals surface area contributed by atoms with Crippen molar-refractivity contribution < 1.29 is 18.3 Å². The fourth-order valence-electron chi connectivity index (χ4n) is 2.89. The Morgan fingerprint density at radius 1 is 0.870 bits per heavy atom. The summed E-state index contributed by atoms with van der Waals surface area (Å²) in [5, 5.41) is 0. The van der Waals surface area contributed by atoms with E-state index in [1.54, 1.807) is 6.07 Å². The number of aryl methyl sites for hydroxylation is 2. The molecule has 118 valence electrons. The Morgan fingerprint density at radius 3 is 1.96 bits per heavy atom. The SMILES string of the molecule is Cc1ccc(C(c2ccc(C)o2)c2cc3c(cc2N)OCO3)o1. The van der Waals surface area contributed by atoms with Gasteiger partial charge in [0.05, 0.1) is 0 Å². The Balaban J connectivity index is 1.89. The highest BCUT2D eigenvalue weighted by Gasteiger charge is 2.28. The highest BCUT2D eigenvalue weighted by Crippen LogP contribution is 2.43. The van der Waals surface area contributed by atoms with Crippen molar-refractivity contribution in [1.29, 1.82) is 0 Å². The number of anilines is 1. The average molecular weight is 311 g/mol. The number of ether oxygens (including phenoxy) is 2. The maximum Gasteiger partial charge on any atom is 0.231 e. The molecular formula is C18H17NO4. The molecule has 2 aromatic heterocycles. The van der Waals surface area contributed by atoms with E-state index in [9.17, 15) is 0 Å². The number of hydrogen-bond acceptors (Lipinski definition) is 5. The molecule has 3 aromatic rings. The van der Waals surface area contributed by atoms with Gasteiger partial charge in [-0.1, -0.05) is 0 Å². The fourth-order valence-corrected chi connectivity index (χ4v) is 2.89. The molecule has 0 amide bonds. The molecule has 0 saturated carbocycles. The monoisotopic (exact) mass is 311 g/mol. The molecule has 1 aromatic carbocycles. The second kappa shape index (κ2) is 5.12. The average Bonchev–Trinajstić information content (AvgIpc) is 3.22. The van der Waals surface area contributed by atoms with Crippen LogP contribution in [0.5, 0.6) is 11.5 Å². The van der Waals surface area contributed by atoms with Crippen molar-refractivity contribution in [3.05, 3.63) is 65.0 Å². The lowest BCUT2D eigenvalue weighted by atomic mass is 9.92.